The summed E-state index contributed by atoms with van der Waals surface area (Å²) >= 11 is 0. The second kappa shape index (κ2) is 9.63. The Morgan fingerprint density at radius 3 is 2.38 bits per heavy atom. The summed E-state index contributed by atoms with van der Waals surface area (Å²) in [4.78, 5) is 10.4. The van der Waals surface area contributed by atoms with Crippen LogP contribution in [0.15, 0.2) is 53.4 Å². The van der Waals surface area contributed by atoms with E-state index in [2.05, 4.69) is 0 Å². The number of hydrogen-bond donors (Lipinski definition) is 1. The number of aryl methyl sites for hydroxylation is 1. The van der Waals surface area contributed by atoms with Crippen LogP contribution in [0.5, 0.6) is 0 Å². The molecular weight excluding hydrogens is 378 g/mol. The summed E-state index contributed by atoms with van der Waals surface area (Å²) in [6.07, 6.45) is 0.500. The summed E-state index contributed by atoms with van der Waals surface area (Å²) in [5.41, 5.74) is 6.60. The monoisotopic (exact) mass is 399 g/mol. The molecule has 0 unspecified atom stereocenters. The first-order chi connectivity index (χ1) is 11.9. The average Bonchev–Trinajstić information content (AvgIpc) is 2.59. The summed E-state index contributed by atoms with van der Waals surface area (Å²) < 4.78 is 27.5. The zero-order valence-electron chi connectivity index (χ0n) is 14.4. The van der Waals surface area contributed by atoms with Gasteiger partial charge < -0.3 is 5.73 Å². The van der Waals surface area contributed by atoms with Crippen LogP contribution in [-0.4, -0.2) is 30.7 Å². The van der Waals surface area contributed by atoms with Gasteiger partial charge in [0.15, 0.2) is 0 Å². The van der Waals surface area contributed by atoms with Gasteiger partial charge in [-0.15, -0.1) is 12.4 Å². The molecule has 2 N–H and O–H groups in total. The van der Waals surface area contributed by atoms with Crippen LogP contribution in [0.2, 0.25) is 0 Å². The number of nitrogens with two attached hydrogens (primary N) is 1. The number of rotatable bonds is 8. The summed E-state index contributed by atoms with van der Waals surface area (Å²) in [6.45, 7) is 2.41. The van der Waals surface area contributed by atoms with Crippen LogP contribution in [0.1, 0.15) is 17.5 Å². The minimum atomic E-state index is -3.88. The van der Waals surface area contributed by atoms with Gasteiger partial charge in [0.2, 0.25) is 10.0 Å². The highest BCUT2D eigenvalue weighted by Crippen LogP contribution is 2.26. The number of hydrogen-bond acceptors (Lipinski definition) is 5. The zero-order valence-corrected chi connectivity index (χ0v) is 16.0. The molecule has 0 saturated carbocycles. The van der Waals surface area contributed by atoms with Crippen LogP contribution in [0.4, 0.5) is 5.69 Å². The average molecular weight is 400 g/mol. The molecule has 0 fully saturated rings. The molecule has 0 radical (unpaired) electrons. The van der Waals surface area contributed by atoms with E-state index in [-0.39, 0.29) is 36.1 Å². The Bertz CT molecular complexity index is 844. The Kier molecular flexibility index (Phi) is 8.16. The van der Waals surface area contributed by atoms with Gasteiger partial charge in [-0.1, -0.05) is 36.4 Å². The molecule has 7 nitrogen and oxygen atoms in total. The van der Waals surface area contributed by atoms with Crippen molar-refractivity contribution in [1.29, 1.82) is 0 Å². The van der Waals surface area contributed by atoms with Gasteiger partial charge in [-0.2, -0.15) is 4.31 Å². The van der Waals surface area contributed by atoms with Crippen molar-refractivity contribution < 1.29 is 13.3 Å². The van der Waals surface area contributed by atoms with E-state index in [0.29, 0.717) is 18.5 Å². The maximum atomic E-state index is 13.1. The van der Waals surface area contributed by atoms with Crippen molar-refractivity contribution in [3.63, 3.8) is 0 Å². The highest BCUT2D eigenvalue weighted by atomic mass is 35.5. The summed E-state index contributed by atoms with van der Waals surface area (Å²) in [5.74, 6) is 0. The molecule has 0 aromatic heterocycles. The van der Waals surface area contributed by atoms with Crippen LogP contribution in [0.25, 0.3) is 0 Å². The quantitative estimate of drug-likeness (QED) is 0.542. The molecule has 9 heteroatoms. The minimum absolute atomic E-state index is 0. The van der Waals surface area contributed by atoms with E-state index in [9.17, 15) is 18.5 Å². The SMILES string of the molecule is Cc1ccc([N+](=O)[O-])cc1S(=O)(=O)N(CCCN)Cc1ccccc1.Cl. The maximum Gasteiger partial charge on any atom is 0.270 e. The fraction of sp³-hybridized carbons (Fsp3) is 0.294. The number of non-ortho nitro benzene ring substituents is 1. The van der Waals surface area contributed by atoms with E-state index in [1.54, 1.807) is 6.92 Å². The third-order valence-electron chi connectivity index (χ3n) is 3.81. The first kappa shape index (κ1) is 22.0. The Morgan fingerprint density at radius 1 is 1.15 bits per heavy atom. The second-order valence-corrected chi connectivity index (χ2v) is 7.58. The first-order valence-corrected chi connectivity index (χ1v) is 9.29. The lowest BCUT2D eigenvalue weighted by molar-refractivity contribution is -0.385. The van der Waals surface area contributed by atoms with Gasteiger partial charge in [-0.05, 0) is 31.0 Å². The van der Waals surface area contributed by atoms with Gasteiger partial charge in [0.25, 0.3) is 5.69 Å². The molecule has 0 atom stereocenters. The third kappa shape index (κ3) is 5.25. The van der Waals surface area contributed by atoms with Crippen molar-refractivity contribution in [2.45, 2.75) is 24.8 Å². The molecule has 142 valence electrons. The molecule has 0 spiro atoms. The molecule has 0 aliphatic heterocycles. The first-order valence-electron chi connectivity index (χ1n) is 7.85. The van der Waals surface area contributed by atoms with Crippen molar-refractivity contribution in [3.8, 4) is 0 Å². The number of nitrogens with zero attached hydrogens (tertiary/aromatic N) is 2. The molecule has 0 heterocycles. The lowest BCUT2D eigenvalue weighted by Gasteiger charge is -2.23. The van der Waals surface area contributed by atoms with E-state index in [4.69, 9.17) is 5.73 Å². The topological polar surface area (TPSA) is 107 Å². The van der Waals surface area contributed by atoms with Gasteiger partial charge in [-0.25, -0.2) is 8.42 Å². The summed E-state index contributed by atoms with van der Waals surface area (Å²) in [7, 11) is -3.88. The van der Waals surface area contributed by atoms with Gasteiger partial charge in [0.1, 0.15) is 0 Å². The van der Waals surface area contributed by atoms with Gasteiger partial charge >= 0.3 is 0 Å². The van der Waals surface area contributed by atoms with Crippen molar-refractivity contribution >= 4 is 28.1 Å². The molecule has 0 bridgehead atoms. The summed E-state index contributed by atoms with van der Waals surface area (Å²) in [5, 5.41) is 11.0. The van der Waals surface area contributed by atoms with E-state index >= 15 is 0 Å². The Labute approximate surface area is 159 Å². The molecule has 0 amide bonds. The Balaban J connectivity index is 0.00000338. The van der Waals surface area contributed by atoms with E-state index < -0.39 is 14.9 Å². The number of nitro benzene ring substituents is 1. The number of benzene rings is 2. The van der Waals surface area contributed by atoms with E-state index in [1.807, 2.05) is 30.3 Å². The lowest BCUT2D eigenvalue weighted by Crippen LogP contribution is -2.33. The molecule has 0 saturated heterocycles. The molecule has 2 aromatic carbocycles. The maximum absolute atomic E-state index is 13.1. The van der Waals surface area contributed by atoms with Crippen molar-refractivity contribution in [3.05, 3.63) is 69.8 Å². The van der Waals surface area contributed by atoms with Crippen LogP contribution in [-0.2, 0) is 16.6 Å². The standard InChI is InChI=1S/C17H21N3O4S.ClH/c1-14-8-9-16(20(21)22)12-17(14)25(23,24)19(11-5-10-18)13-15-6-3-2-4-7-15;/h2-4,6-9,12H,5,10-11,13,18H2,1H3;1H. The van der Waals surface area contributed by atoms with Crippen molar-refractivity contribution in [2.75, 3.05) is 13.1 Å². The Morgan fingerprint density at radius 2 is 1.81 bits per heavy atom. The smallest absolute Gasteiger partial charge is 0.270 e. The molecule has 0 aliphatic carbocycles. The summed E-state index contributed by atoms with van der Waals surface area (Å²) in [6, 6.07) is 13.1. The van der Waals surface area contributed by atoms with Crippen LogP contribution < -0.4 is 5.73 Å². The third-order valence-corrected chi connectivity index (χ3v) is 5.80. The molecule has 26 heavy (non-hydrogen) atoms. The molecular formula is C17H22ClN3O4S. The second-order valence-electron chi connectivity index (χ2n) is 5.67. The predicted molar refractivity (Wildman–Crippen MR) is 103 cm³/mol. The molecule has 2 rings (SSSR count). The van der Waals surface area contributed by atoms with Crippen LogP contribution >= 0.6 is 12.4 Å². The number of sulfonamides is 1. The largest absolute Gasteiger partial charge is 0.330 e. The van der Waals surface area contributed by atoms with Gasteiger partial charge in [0, 0.05) is 25.2 Å². The molecule has 2 aromatic rings. The predicted octanol–water partition coefficient (Wildman–Crippen LogP) is 2.86. The Hall–Kier alpha value is -2.00. The minimum Gasteiger partial charge on any atom is -0.330 e. The van der Waals surface area contributed by atoms with E-state index in [1.165, 1.54) is 16.4 Å². The van der Waals surface area contributed by atoms with Crippen LogP contribution in [0, 0.1) is 17.0 Å². The molecule has 0 aliphatic rings. The highest BCUT2D eigenvalue weighted by Gasteiger charge is 2.27. The normalized spacial score (nSPS) is 11.2. The van der Waals surface area contributed by atoms with E-state index in [0.717, 1.165) is 11.6 Å². The fourth-order valence-corrected chi connectivity index (χ4v) is 4.17. The van der Waals surface area contributed by atoms with Gasteiger partial charge in [0.05, 0.1) is 9.82 Å². The highest BCUT2D eigenvalue weighted by molar-refractivity contribution is 7.89. The number of nitro groups is 1. The lowest BCUT2D eigenvalue weighted by atomic mass is 10.2. The van der Waals surface area contributed by atoms with Crippen molar-refractivity contribution in [2.24, 2.45) is 5.73 Å². The van der Waals surface area contributed by atoms with Crippen LogP contribution in [0.3, 0.4) is 0 Å². The van der Waals surface area contributed by atoms with Crippen molar-refractivity contribution in [1.82, 2.24) is 4.31 Å². The zero-order chi connectivity index (χ0) is 18.4. The van der Waals surface area contributed by atoms with Gasteiger partial charge in [-0.3, -0.25) is 10.1 Å². The fourth-order valence-electron chi connectivity index (χ4n) is 2.46. The number of halogens is 1.